The molecule has 6 nitrogen and oxygen atoms in total. The molecular weight excluding hydrogens is 883 g/mol. The second-order valence-corrected chi connectivity index (χ2v) is 16.1. The zero-order valence-electron chi connectivity index (χ0n) is 38.6. The minimum Gasteiger partial charge on any atom is -1.00 e. The Morgan fingerprint density at radius 3 is 0.441 bits per heavy atom. The molecule has 0 aromatic carbocycles. The van der Waals surface area contributed by atoms with Crippen LogP contribution in [0.3, 0.4) is 0 Å². The van der Waals surface area contributed by atoms with Gasteiger partial charge in [-0.2, -0.15) is 0 Å². The minimum absolute atomic E-state index is 0. The van der Waals surface area contributed by atoms with E-state index in [1.165, 1.54) is 212 Å². The molecule has 59 heavy (non-hydrogen) atoms. The summed E-state index contributed by atoms with van der Waals surface area (Å²) in [7, 11) is 0. The van der Waals surface area contributed by atoms with E-state index in [1.807, 2.05) is 0 Å². The van der Waals surface area contributed by atoms with Crippen molar-refractivity contribution in [3.05, 3.63) is 0 Å². The van der Waals surface area contributed by atoms with Crippen LogP contribution in [0.1, 0.15) is 290 Å². The third-order valence-electron chi connectivity index (χ3n) is 10.5. The first-order chi connectivity index (χ1) is 26.3. The first kappa shape index (κ1) is 76.6. The molecule has 0 saturated carbocycles. The standard InChI is InChI=1S/3C16H32O2.3ClH.2Cr/c3*1-2-3-4-5-6-7-8-9-10-11-12-13-14-15-16(17)18;;;;;/h3*2-15H2,1H3,(H,17,18);3*1H;;/q;;;;;;2*+3/p-6. The number of rotatable bonds is 42. The van der Waals surface area contributed by atoms with Crippen LogP contribution in [-0.2, 0) is 49.1 Å². The Morgan fingerprint density at radius 2 is 0.339 bits per heavy atom. The Kier molecular flexibility index (Phi) is 94.5. The van der Waals surface area contributed by atoms with Crippen LogP contribution < -0.4 is 52.5 Å². The van der Waals surface area contributed by atoms with Gasteiger partial charge in [0.05, 0.1) is 0 Å². The van der Waals surface area contributed by atoms with Gasteiger partial charge in [-0.1, -0.05) is 252 Å². The first-order valence-corrected chi connectivity index (χ1v) is 23.9. The maximum absolute atomic E-state index is 10.2. The normalized spacial score (nSPS) is 9.81. The van der Waals surface area contributed by atoms with E-state index in [-0.39, 0.29) is 91.2 Å². The van der Waals surface area contributed by atoms with E-state index in [0.717, 1.165) is 38.5 Å². The molecule has 11 heteroatoms. The SMILES string of the molecule is CCCCCCCCCCCCCCCC(=O)[O-].CCCCCCCCCCCCCCCC(=O)[O-].CCCCCCCCCCCCCCCC(=O)[O-].[Cl-].[Cl-].[Cl-].[Cr+3].[Cr+3]. The van der Waals surface area contributed by atoms with Gasteiger partial charge in [-0.05, 0) is 38.5 Å². The fourth-order valence-corrected chi connectivity index (χ4v) is 6.86. The molecule has 0 N–H and O–H groups in total. The second kappa shape index (κ2) is 72.8. The number of hydrogen-bond acceptors (Lipinski definition) is 6. The molecule has 0 aliphatic heterocycles. The van der Waals surface area contributed by atoms with Crippen molar-refractivity contribution in [1.29, 1.82) is 0 Å². The van der Waals surface area contributed by atoms with E-state index in [0.29, 0.717) is 0 Å². The molecule has 0 aliphatic carbocycles. The summed E-state index contributed by atoms with van der Waals surface area (Å²) in [5.74, 6) is -2.71. The van der Waals surface area contributed by atoms with Gasteiger partial charge in [0.1, 0.15) is 0 Å². The summed E-state index contributed by atoms with van der Waals surface area (Å²) in [6, 6.07) is 0. The Labute approximate surface area is 407 Å². The van der Waals surface area contributed by atoms with Gasteiger partial charge in [-0.3, -0.25) is 0 Å². The number of carbonyl (C=O) groups is 3. The topological polar surface area (TPSA) is 120 Å². The molecule has 0 aromatic rings. The van der Waals surface area contributed by atoms with Gasteiger partial charge in [0.25, 0.3) is 0 Å². The molecule has 0 rings (SSSR count). The molecule has 0 unspecified atom stereocenters. The fourth-order valence-electron chi connectivity index (χ4n) is 6.86. The van der Waals surface area contributed by atoms with Gasteiger partial charge in [0.15, 0.2) is 0 Å². The summed E-state index contributed by atoms with van der Waals surface area (Å²) in [5.41, 5.74) is 0. The third-order valence-corrected chi connectivity index (χ3v) is 10.5. The quantitative estimate of drug-likeness (QED) is 0.0863. The number of hydrogen-bond donors (Lipinski definition) is 0. The van der Waals surface area contributed by atoms with Gasteiger partial charge in [0.2, 0.25) is 0 Å². The van der Waals surface area contributed by atoms with E-state index in [9.17, 15) is 29.7 Å². The molecule has 0 aliphatic rings. The predicted octanol–water partition coefficient (Wildman–Crippen LogP) is 3.66. The third kappa shape index (κ3) is 90.1. The number of carboxylic acids is 3. The van der Waals surface area contributed by atoms with Gasteiger partial charge < -0.3 is 66.9 Å². The monoisotopic (exact) mass is 974 g/mol. The van der Waals surface area contributed by atoms with E-state index >= 15 is 0 Å². The van der Waals surface area contributed by atoms with Crippen LogP contribution in [0.2, 0.25) is 0 Å². The summed E-state index contributed by atoms with van der Waals surface area (Å²) in [5, 5.41) is 30.6. The summed E-state index contributed by atoms with van der Waals surface area (Å²) >= 11 is 0. The van der Waals surface area contributed by atoms with Crippen molar-refractivity contribution >= 4 is 17.9 Å². The number of carbonyl (C=O) groups excluding carboxylic acids is 3. The summed E-state index contributed by atoms with van der Waals surface area (Å²) in [6.45, 7) is 6.77. The molecule has 0 fully saturated rings. The molecule has 0 aromatic heterocycles. The molecule has 2 radical (unpaired) electrons. The Hall–Kier alpha value is 0.345. The summed E-state index contributed by atoms with van der Waals surface area (Å²) in [6.07, 6.45) is 50.8. The minimum atomic E-state index is -0.905. The predicted molar refractivity (Wildman–Crippen MR) is 226 cm³/mol. The molecule has 354 valence electrons. The Balaban J connectivity index is -0.000000106. The zero-order chi connectivity index (χ0) is 40.4. The van der Waals surface area contributed by atoms with Crippen LogP contribution in [0.25, 0.3) is 0 Å². The largest absolute Gasteiger partial charge is 3.00 e. The van der Waals surface area contributed by atoms with Crippen molar-refractivity contribution in [1.82, 2.24) is 0 Å². The number of halogens is 3. The van der Waals surface area contributed by atoms with E-state index in [1.54, 1.807) is 0 Å². The van der Waals surface area contributed by atoms with Gasteiger partial charge in [0, 0.05) is 17.9 Å². The van der Waals surface area contributed by atoms with E-state index < -0.39 is 17.9 Å². The van der Waals surface area contributed by atoms with Crippen LogP contribution >= 0.6 is 0 Å². The van der Waals surface area contributed by atoms with Crippen LogP contribution in [0.15, 0.2) is 0 Å². The molecule has 0 saturated heterocycles. The van der Waals surface area contributed by atoms with E-state index in [4.69, 9.17) is 0 Å². The van der Waals surface area contributed by atoms with Crippen molar-refractivity contribution in [2.24, 2.45) is 0 Å². The Bertz CT molecular complexity index is 658. The van der Waals surface area contributed by atoms with Crippen molar-refractivity contribution in [3.8, 4) is 0 Å². The summed E-state index contributed by atoms with van der Waals surface area (Å²) in [4.78, 5) is 30.6. The van der Waals surface area contributed by atoms with Crippen molar-refractivity contribution < 1.29 is 102 Å². The number of unbranched alkanes of at least 4 members (excludes halogenated alkanes) is 36. The zero-order valence-corrected chi connectivity index (χ0v) is 43.4. The molecule has 0 spiro atoms. The van der Waals surface area contributed by atoms with Gasteiger partial charge in [-0.15, -0.1) is 0 Å². The van der Waals surface area contributed by atoms with Crippen molar-refractivity contribution in [2.45, 2.75) is 290 Å². The van der Waals surface area contributed by atoms with Crippen LogP contribution in [-0.4, -0.2) is 17.9 Å². The molecular formula is C48H93Cl3Cr2O6. The average Bonchev–Trinajstić information content (AvgIpc) is 3.14. The number of aliphatic carboxylic acids is 3. The van der Waals surface area contributed by atoms with Crippen LogP contribution in [0.4, 0.5) is 0 Å². The maximum atomic E-state index is 10.2. The summed E-state index contributed by atoms with van der Waals surface area (Å²) < 4.78 is 0. The van der Waals surface area contributed by atoms with Crippen molar-refractivity contribution in [2.75, 3.05) is 0 Å². The molecule has 0 bridgehead atoms. The van der Waals surface area contributed by atoms with Crippen LogP contribution in [0.5, 0.6) is 0 Å². The maximum Gasteiger partial charge on any atom is 3.00 e. The smallest absolute Gasteiger partial charge is 1.00 e. The molecule has 0 atom stereocenters. The van der Waals surface area contributed by atoms with Gasteiger partial charge >= 0.3 is 34.7 Å². The second-order valence-electron chi connectivity index (χ2n) is 16.1. The molecule has 0 amide bonds. The van der Waals surface area contributed by atoms with E-state index in [2.05, 4.69) is 20.8 Å². The van der Waals surface area contributed by atoms with Gasteiger partial charge in [-0.25, -0.2) is 0 Å². The Morgan fingerprint density at radius 1 is 0.237 bits per heavy atom. The first-order valence-electron chi connectivity index (χ1n) is 23.9. The number of carboxylic acid groups (broad SMARTS) is 3. The molecule has 0 heterocycles. The fraction of sp³-hybridized carbons (Fsp3) is 0.938. The average molecular weight is 977 g/mol. The van der Waals surface area contributed by atoms with Crippen LogP contribution in [0, 0.1) is 0 Å². The van der Waals surface area contributed by atoms with Crippen molar-refractivity contribution in [3.63, 3.8) is 0 Å².